The highest BCUT2D eigenvalue weighted by molar-refractivity contribution is 5.91. The van der Waals surface area contributed by atoms with Gasteiger partial charge in [-0.2, -0.15) is 0 Å². The molecule has 3 rings (SSSR count). The van der Waals surface area contributed by atoms with E-state index in [1.54, 1.807) is 0 Å². The summed E-state index contributed by atoms with van der Waals surface area (Å²) in [5, 5.41) is 0. The molecule has 0 aliphatic heterocycles. The third-order valence-electron chi connectivity index (χ3n) is 4.73. The molecule has 3 aliphatic rings. The van der Waals surface area contributed by atoms with Gasteiger partial charge in [-0.05, 0) is 24.7 Å². The minimum atomic E-state index is 0.256. The van der Waals surface area contributed by atoms with Crippen molar-refractivity contribution < 1.29 is 4.79 Å². The summed E-state index contributed by atoms with van der Waals surface area (Å²) >= 11 is 0. The third-order valence-corrected chi connectivity index (χ3v) is 4.73. The van der Waals surface area contributed by atoms with Gasteiger partial charge in [0.25, 0.3) is 0 Å². The van der Waals surface area contributed by atoms with Crippen LogP contribution < -0.4 is 0 Å². The molecule has 1 nitrogen and oxygen atoms in total. The number of carbonyl (C=O) groups excluding carboxylic acids is 1. The summed E-state index contributed by atoms with van der Waals surface area (Å²) in [5.41, 5.74) is 0.256. The van der Waals surface area contributed by atoms with E-state index in [2.05, 4.69) is 26.0 Å². The van der Waals surface area contributed by atoms with Crippen molar-refractivity contribution in [2.45, 2.75) is 26.7 Å². The van der Waals surface area contributed by atoms with Gasteiger partial charge in [0.2, 0.25) is 0 Å². The molecule has 0 heterocycles. The number of ketones is 1. The van der Waals surface area contributed by atoms with Crippen LogP contribution in [0.5, 0.6) is 0 Å². The molecule has 0 aromatic carbocycles. The maximum absolute atomic E-state index is 12.0. The zero-order valence-electron chi connectivity index (χ0n) is 8.29. The van der Waals surface area contributed by atoms with E-state index in [1.165, 1.54) is 12.8 Å². The fourth-order valence-electron chi connectivity index (χ4n) is 3.83. The van der Waals surface area contributed by atoms with Crippen LogP contribution in [0, 0.1) is 29.1 Å². The van der Waals surface area contributed by atoms with Gasteiger partial charge in [0.15, 0.2) is 0 Å². The molecule has 0 aromatic heterocycles. The topological polar surface area (TPSA) is 17.1 Å². The lowest BCUT2D eigenvalue weighted by molar-refractivity contribution is -0.124. The van der Waals surface area contributed by atoms with Crippen LogP contribution in [0.25, 0.3) is 0 Å². The van der Waals surface area contributed by atoms with Gasteiger partial charge in [0.1, 0.15) is 5.78 Å². The second kappa shape index (κ2) is 2.08. The van der Waals surface area contributed by atoms with Crippen molar-refractivity contribution >= 4 is 5.78 Å². The maximum atomic E-state index is 12.0. The average molecular weight is 176 g/mol. The SMILES string of the molecule is C[C@H]1CC[C@@H]2[C@H]1C(=O)[C@H]1C=C[C@]12C. The Bertz CT molecular complexity index is 304. The lowest BCUT2D eigenvalue weighted by Gasteiger charge is -2.37. The van der Waals surface area contributed by atoms with Crippen LogP contribution in [-0.4, -0.2) is 5.78 Å². The quantitative estimate of drug-likeness (QED) is 0.518. The van der Waals surface area contributed by atoms with Gasteiger partial charge in [-0.25, -0.2) is 0 Å². The first-order valence-corrected chi connectivity index (χ1v) is 5.37. The highest BCUT2D eigenvalue weighted by atomic mass is 16.1. The molecule has 0 amide bonds. The molecule has 0 spiro atoms. The van der Waals surface area contributed by atoms with Crippen LogP contribution >= 0.6 is 0 Å². The highest BCUT2D eigenvalue weighted by Gasteiger charge is 2.61. The Morgan fingerprint density at radius 3 is 2.85 bits per heavy atom. The molecular weight excluding hydrogens is 160 g/mol. The number of allylic oxidation sites excluding steroid dienone is 2. The molecule has 0 saturated heterocycles. The Morgan fingerprint density at radius 1 is 1.46 bits per heavy atom. The predicted molar refractivity (Wildman–Crippen MR) is 51.1 cm³/mol. The molecule has 2 fully saturated rings. The van der Waals surface area contributed by atoms with E-state index in [0.29, 0.717) is 23.5 Å². The Balaban J connectivity index is 2.05. The number of carbonyl (C=O) groups is 1. The van der Waals surface area contributed by atoms with Crippen molar-refractivity contribution in [2.75, 3.05) is 0 Å². The summed E-state index contributed by atoms with van der Waals surface area (Å²) in [6, 6.07) is 0. The number of fused-ring (bicyclic) bond motifs is 3. The molecule has 0 aromatic rings. The second-order valence-corrected chi connectivity index (χ2v) is 5.29. The van der Waals surface area contributed by atoms with Crippen molar-refractivity contribution in [1.82, 2.24) is 0 Å². The van der Waals surface area contributed by atoms with Gasteiger partial charge >= 0.3 is 0 Å². The van der Waals surface area contributed by atoms with Crippen LogP contribution in [0.4, 0.5) is 0 Å². The molecule has 2 saturated carbocycles. The summed E-state index contributed by atoms with van der Waals surface area (Å²) in [6.07, 6.45) is 6.93. The van der Waals surface area contributed by atoms with Gasteiger partial charge in [-0.15, -0.1) is 0 Å². The van der Waals surface area contributed by atoms with E-state index < -0.39 is 0 Å². The molecule has 0 unspecified atom stereocenters. The fraction of sp³-hybridized carbons (Fsp3) is 0.750. The van der Waals surface area contributed by atoms with E-state index in [4.69, 9.17) is 0 Å². The van der Waals surface area contributed by atoms with Crippen molar-refractivity contribution in [3.63, 3.8) is 0 Å². The minimum absolute atomic E-state index is 0.256. The standard InChI is InChI=1S/C12H16O/c1-7-3-4-8-10(7)11(13)9-5-6-12(8,9)2/h5-10H,3-4H2,1-2H3/t7-,8+,9+,10-,12-/m0/s1. The third kappa shape index (κ3) is 0.685. The van der Waals surface area contributed by atoms with Crippen molar-refractivity contribution in [3.8, 4) is 0 Å². The van der Waals surface area contributed by atoms with E-state index >= 15 is 0 Å². The number of Topliss-reactive ketones (excluding diaryl/α,β-unsaturated/α-hetero) is 1. The van der Waals surface area contributed by atoms with Gasteiger partial charge in [0.05, 0.1) is 0 Å². The van der Waals surface area contributed by atoms with Crippen molar-refractivity contribution in [3.05, 3.63) is 12.2 Å². The maximum Gasteiger partial charge on any atom is 0.144 e. The summed E-state index contributed by atoms with van der Waals surface area (Å²) in [6.45, 7) is 4.52. The van der Waals surface area contributed by atoms with Crippen LogP contribution in [-0.2, 0) is 4.79 Å². The van der Waals surface area contributed by atoms with Gasteiger partial charge < -0.3 is 0 Å². The molecule has 3 aliphatic carbocycles. The van der Waals surface area contributed by atoms with Gasteiger partial charge in [0, 0.05) is 17.3 Å². The molecule has 0 bridgehead atoms. The highest BCUT2D eigenvalue weighted by Crippen LogP contribution is 2.62. The van der Waals surface area contributed by atoms with E-state index in [0.717, 1.165) is 0 Å². The van der Waals surface area contributed by atoms with E-state index in [1.807, 2.05) is 0 Å². The Kier molecular flexibility index (Phi) is 1.24. The smallest absolute Gasteiger partial charge is 0.144 e. The largest absolute Gasteiger partial charge is 0.299 e. The number of rotatable bonds is 0. The molecule has 1 heteroatoms. The molecule has 70 valence electrons. The predicted octanol–water partition coefficient (Wildman–Crippen LogP) is 2.42. The van der Waals surface area contributed by atoms with Crippen LogP contribution in [0.1, 0.15) is 26.7 Å². The zero-order valence-corrected chi connectivity index (χ0v) is 8.29. The summed E-state index contributed by atoms with van der Waals surface area (Å²) in [4.78, 5) is 12.0. The van der Waals surface area contributed by atoms with Crippen LogP contribution in [0.3, 0.4) is 0 Å². The summed E-state index contributed by atoms with van der Waals surface area (Å²) < 4.78 is 0. The minimum Gasteiger partial charge on any atom is -0.299 e. The molecule has 0 radical (unpaired) electrons. The number of hydrogen-bond donors (Lipinski definition) is 0. The van der Waals surface area contributed by atoms with Crippen molar-refractivity contribution in [1.29, 1.82) is 0 Å². The normalized spacial score (nSPS) is 57.5. The monoisotopic (exact) mass is 176 g/mol. The molecule has 0 N–H and O–H groups in total. The molecule has 5 atom stereocenters. The van der Waals surface area contributed by atoms with Crippen LogP contribution in [0.2, 0.25) is 0 Å². The Morgan fingerprint density at radius 2 is 2.23 bits per heavy atom. The van der Waals surface area contributed by atoms with Crippen LogP contribution in [0.15, 0.2) is 12.2 Å². The first kappa shape index (κ1) is 7.78. The lowest BCUT2D eigenvalue weighted by atomic mass is 9.65. The molecule has 13 heavy (non-hydrogen) atoms. The van der Waals surface area contributed by atoms with E-state index in [9.17, 15) is 4.79 Å². The number of hydrogen-bond acceptors (Lipinski definition) is 1. The first-order chi connectivity index (χ1) is 6.14. The van der Waals surface area contributed by atoms with Gasteiger partial charge in [-0.3, -0.25) is 4.79 Å². The van der Waals surface area contributed by atoms with Gasteiger partial charge in [-0.1, -0.05) is 26.0 Å². The van der Waals surface area contributed by atoms with Crippen molar-refractivity contribution in [2.24, 2.45) is 29.1 Å². The average Bonchev–Trinajstić information content (AvgIpc) is 2.48. The zero-order chi connectivity index (χ0) is 9.22. The second-order valence-electron chi connectivity index (χ2n) is 5.29. The lowest BCUT2D eigenvalue weighted by Crippen LogP contribution is -2.33. The fourth-order valence-corrected chi connectivity index (χ4v) is 3.83. The molecular formula is C12H16O. The first-order valence-electron chi connectivity index (χ1n) is 5.37. The summed E-state index contributed by atoms with van der Waals surface area (Å²) in [5.74, 6) is 2.53. The Labute approximate surface area is 79.2 Å². The Hall–Kier alpha value is -0.590. The van der Waals surface area contributed by atoms with E-state index in [-0.39, 0.29) is 11.3 Å². The summed E-state index contributed by atoms with van der Waals surface area (Å²) in [7, 11) is 0.